The summed E-state index contributed by atoms with van der Waals surface area (Å²) in [6.45, 7) is 0.594. The molecule has 0 aliphatic heterocycles. The third-order valence-electron chi connectivity index (χ3n) is 6.33. The van der Waals surface area contributed by atoms with Crippen LogP contribution in [0.25, 0.3) is 5.69 Å². The molecule has 0 unspecified atom stereocenters. The lowest BCUT2D eigenvalue weighted by Gasteiger charge is -2.24. The highest BCUT2D eigenvalue weighted by Crippen LogP contribution is 2.31. The molecule has 30 heavy (non-hydrogen) atoms. The molecule has 1 amide bonds. The standard InChI is InChI=1S/C23H32N4O2S/c1-29-20-12-10-19(11-13-20)27-21(14-15-24-22(28)18-8-5-9-18)25-26-23(27)30-16-17-6-3-2-4-7-17/h10-13,17-18H,2-9,14-16H2,1H3,(H,24,28). The fourth-order valence-electron chi connectivity index (χ4n) is 4.20. The van der Waals surface area contributed by atoms with Crippen molar-refractivity contribution in [1.29, 1.82) is 0 Å². The quantitative estimate of drug-likeness (QED) is 0.599. The van der Waals surface area contributed by atoms with Crippen molar-refractivity contribution < 1.29 is 9.53 Å². The van der Waals surface area contributed by atoms with Gasteiger partial charge < -0.3 is 10.1 Å². The number of thioether (sulfide) groups is 1. The summed E-state index contributed by atoms with van der Waals surface area (Å²) in [4.78, 5) is 12.2. The van der Waals surface area contributed by atoms with Crippen LogP contribution in [0.3, 0.4) is 0 Å². The number of benzene rings is 1. The van der Waals surface area contributed by atoms with Gasteiger partial charge >= 0.3 is 0 Å². The molecule has 2 fully saturated rings. The molecular weight excluding hydrogens is 396 g/mol. The molecule has 6 nitrogen and oxygen atoms in total. The van der Waals surface area contributed by atoms with Gasteiger partial charge in [0.2, 0.25) is 5.91 Å². The van der Waals surface area contributed by atoms with Crippen LogP contribution in [0.2, 0.25) is 0 Å². The number of rotatable bonds is 9. The lowest BCUT2D eigenvalue weighted by molar-refractivity contribution is -0.127. The molecule has 7 heteroatoms. The fraction of sp³-hybridized carbons (Fsp3) is 0.609. The van der Waals surface area contributed by atoms with Gasteiger partial charge in [-0.25, -0.2) is 0 Å². The summed E-state index contributed by atoms with van der Waals surface area (Å²) in [6, 6.07) is 8.02. The van der Waals surface area contributed by atoms with E-state index in [9.17, 15) is 4.79 Å². The van der Waals surface area contributed by atoms with Gasteiger partial charge in [-0.3, -0.25) is 9.36 Å². The number of methoxy groups -OCH3 is 1. The third-order valence-corrected chi connectivity index (χ3v) is 7.49. The average molecular weight is 429 g/mol. The lowest BCUT2D eigenvalue weighted by Crippen LogP contribution is -2.35. The molecule has 0 saturated heterocycles. The number of carbonyl (C=O) groups excluding carboxylic acids is 1. The van der Waals surface area contributed by atoms with E-state index in [1.165, 1.54) is 38.5 Å². The van der Waals surface area contributed by atoms with Crippen LogP contribution >= 0.6 is 11.8 Å². The Morgan fingerprint density at radius 2 is 1.87 bits per heavy atom. The van der Waals surface area contributed by atoms with Crippen LogP contribution in [0.5, 0.6) is 5.75 Å². The maximum Gasteiger partial charge on any atom is 0.223 e. The van der Waals surface area contributed by atoms with E-state index in [1.807, 2.05) is 36.0 Å². The predicted molar refractivity (Wildman–Crippen MR) is 119 cm³/mol. The summed E-state index contributed by atoms with van der Waals surface area (Å²) >= 11 is 1.81. The van der Waals surface area contributed by atoms with Crippen molar-refractivity contribution in [3.8, 4) is 11.4 Å². The van der Waals surface area contributed by atoms with Crippen molar-refractivity contribution >= 4 is 17.7 Å². The van der Waals surface area contributed by atoms with Crippen LogP contribution in [0.1, 0.15) is 57.2 Å². The van der Waals surface area contributed by atoms with Crippen molar-refractivity contribution in [2.75, 3.05) is 19.4 Å². The Morgan fingerprint density at radius 3 is 2.53 bits per heavy atom. The van der Waals surface area contributed by atoms with Gasteiger partial charge in [-0.1, -0.05) is 37.4 Å². The number of nitrogens with one attached hydrogen (secondary N) is 1. The SMILES string of the molecule is COc1ccc(-n2c(CCNC(=O)C3CCC3)nnc2SCC2CCCCC2)cc1. The number of ether oxygens (including phenoxy) is 1. The van der Waals surface area contributed by atoms with E-state index in [2.05, 4.69) is 20.1 Å². The van der Waals surface area contributed by atoms with E-state index in [1.54, 1.807) is 7.11 Å². The Hall–Kier alpha value is -2.02. The Bertz CT molecular complexity index is 826. The first-order valence-electron chi connectivity index (χ1n) is 11.2. The summed E-state index contributed by atoms with van der Waals surface area (Å²) in [5.41, 5.74) is 1.03. The molecule has 0 atom stereocenters. The Morgan fingerprint density at radius 1 is 1.10 bits per heavy atom. The maximum atomic E-state index is 12.2. The summed E-state index contributed by atoms with van der Waals surface area (Å²) in [5.74, 6) is 3.98. The largest absolute Gasteiger partial charge is 0.497 e. The molecule has 0 radical (unpaired) electrons. The number of hydrogen-bond acceptors (Lipinski definition) is 5. The summed E-state index contributed by atoms with van der Waals surface area (Å²) in [6.07, 6.45) is 10.6. The van der Waals surface area contributed by atoms with Gasteiger partial charge in [-0.15, -0.1) is 10.2 Å². The molecule has 1 aromatic heterocycles. The zero-order valence-electron chi connectivity index (χ0n) is 17.8. The second-order valence-electron chi connectivity index (χ2n) is 8.42. The number of hydrogen-bond donors (Lipinski definition) is 1. The number of nitrogens with zero attached hydrogens (tertiary/aromatic N) is 3. The summed E-state index contributed by atoms with van der Waals surface area (Å²) < 4.78 is 7.45. The van der Waals surface area contributed by atoms with Crippen molar-refractivity contribution in [2.45, 2.75) is 62.9 Å². The summed E-state index contributed by atoms with van der Waals surface area (Å²) in [7, 11) is 1.68. The third kappa shape index (κ3) is 5.17. The second-order valence-corrected chi connectivity index (χ2v) is 9.40. The minimum Gasteiger partial charge on any atom is -0.497 e. The van der Waals surface area contributed by atoms with E-state index in [-0.39, 0.29) is 11.8 Å². The molecule has 1 N–H and O–H groups in total. The molecule has 0 spiro atoms. The maximum absolute atomic E-state index is 12.2. The first kappa shape index (κ1) is 21.2. The van der Waals surface area contributed by atoms with Crippen LogP contribution in [-0.4, -0.2) is 40.1 Å². The van der Waals surface area contributed by atoms with Crippen LogP contribution < -0.4 is 10.1 Å². The molecule has 2 aliphatic carbocycles. The van der Waals surface area contributed by atoms with E-state index < -0.39 is 0 Å². The molecule has 2 saturated carbocycles. The normalized spacial score (nSPS) is 17.5. The Balaban J connectivity index is 1.46. The van der Waals surface area contributed by atoms with Gasteiger partial charge in [0.25, 0.3) is 0 Å². The predicted octanol–water partition coefficient (Wildman–Crippen LogP) is 4.41. The molecule has 162 valence electrons. The van der Waals surface area contributed by atoms with Crippen molar-refractivity contribution in [3.05, 3.63) is 30.1 Å². The fourth-order valence-corrected chi connectivity index (χ4v) is 5.36. The highest BCUT2D eigenvalue weighted by atomic mass is 32.2. The highest BCUT2D eigenvalue weighted by molar-refractivity contribution is 7.99. The minimum absolute atomic E-state index is 0.184. The minimum atomic E-state index is 0.184. The van der Waals surface area contributed by atoms with Gasteiger partial charge in [-0.05, 0) is 55.9 Å². The van der Waals surface area contributed by atoms with Crippen LogP contribution in [-0.2, 0) is 11.2 Å². The lowest BCUT2D eigenvalue weighted by atomic mass is 9.85. The van der Waals surface area contributed by atoms with Crippen LogP contribution in [0, 0.1) is 11.8 Å². The van der Waals surface area contributed by atoms with Crippen molar-refractivity contribution in [1.82, 2.24) is 20.1 Å². The van der Waals surface area contributed by atoms with Crippen molar-refractivity contribution in [3.63, 3.8) is 0 Å². The zero-order chi connectivity index (χ0) is 20.8. The highest BCUT2D eigenvalue weighted by Gasteiger charge is 2.25. The number of amides is 1. The van der Waals surface area contributed by atoms with E-state index in [0.717, 1.165) is 46.9 Å². The van der Waals surface area contributed by atoms with Gasteiger partial charge in [0.15, 0.2) is 5.16 Å². The van der Waals surface area contributed by atoms with Gasteiger partial charge in [0, 0.05) is 30.3 Å². The first-order valence-corrected chi connectivity index (χ1v) is 12.2. The van der Waals surface area contributed by atoms with Crippen LogP contribution in [0.15, 0.2) is 29.4 Å². The molecule has 2 aliphatic rings. The molecular formula is C23H32N4O2S. The first-order chi connectivity index (χ1) is 14.7. The summed E-state index contributed by atoms with van der Waals surface area (Å²) in [5, 5.41) is 13.0. The number of carbonyl (C=O) groups is 1. The second kappa shape index (κ2) is 10.3. The Labute approximate surface area is 183 Å². The molecule has 1 aromatic carbocycles. The van der Waals surface area contributed by atoms with Gasteiger partial charge in [0.05, 0.1) is 7.11 Å². The molecule has 4 rings (SSSR count). The molecule has 1 heterocycles. The topological polar surface area (TPSA) is 69.0 Å². The number of aromatic nitrogens is 3. The average Bonchev–Trinajstić information content (AvgIpc) is 3.14. The van der Waals surface area contributed by atoms with E-state index >= 15 is 0 Å². The van der Waals surface area contributed by atoms with E-state index in [0.29, 0.717) is 13.0 Å². The monoisotopic (exact) mass is 428 g/mol. The zero-order valence-corrected chi connectivity index (χ0v) is 18.6. The smallest absolute Gasteiger partial charge is 0.223 e. The molecule has 2 aromatic rings. The van der Waals surface area contributed by atoms with Gasteiger partial charge in [0.1, 0.15) is 11.6 Å². The van der Waals surface area contributed by atoms with E-state index in [4.69, 9.17) is 4.74 Å². The van der Waals surface area contributed by atoms with Crippen molar-refractivity contribution in [2.24, 2.45) is 11.8 Å². The van der Waals surface area contributed by atoms with Gasteiger partial charge in [-0.2, -0.15) is 0 Å². The van der Waals surface area contributed by atoms with Crippen LogP contribution in [0.4, 0.5) is 0 Å². The molecule has 0 bridgehead atoms. The Kier molecular flexibility index (Phi) is 7.31.